The Morgan fingerprint density at radius 3 is 1.05 bits per heavy atom. The van der Waals surface area contributed by atoms with Crippen LogP contribution in [0.3, 0.4) is 0 Å². The van der Waals surface area contributed by atoms with E-state index in [0.717, 1.165) is 32.0 Å². The number of nitrogens with one attached hydrogen (secondary N) is 2. The van der Waals surface area contributed by atoms with Crippen molar-refractivity contribution in [3.8, 4) is 71.4 Å². The largest absolute Gasteiger partial charge is 0.508 e. The standard InChI is InChI=1S/C50H38N2O2S6/c1-23-17-37(57-43(23)39-21-33-47(59-39)45-31(49(33,3)4)19-35(55-45)25-7-11-27(53)12-8-25)29-15-16-30(42(52)41(29)51)38-18-24(2)44(58-38)40-22-34-48(60-40)46-32(50(34,5)6)20-36(56-46)26-9-13-28(54)14-10-26/h7-22,51-54H,1-6H3. The van der Waals surface area contributed by atoms with Crippen molar-refractivity contribution >= 4 is 90.6 Å². The van der Waals surface area contributed by atoms with Crippen LogP contribution in [0, 0.1) is 24.7 Å². The van der Waals surface area contributed by atoms with E-state index < -0.39 is 0 Å². The molecule has 11 rings (SSSR count). The van der Waals surface area contributed by atoms with Crippen molar-refractivity contribution in [2.45, 2.75) is 52.4 Å². The Hall–Kier alpha value is -4.94. The molecule has 0 saturated heterocycles. The summed E-state index contributed by atoms with van der Waals surface area (Å²) in [7, 11) is 0. The lowest BCUT2D eigenvalue weighted by Gasteiger charge is -2.19. The third-order valence-electron chi connectivity index (χ3n) is 12.4. The summed E-state index contributed by atoms with van der Waals surface area (Å²) in [5, 5.41) is 38.2. The van der Waals surface area contributed by atoms with Gasteiger partial charge in [-0.05, 0) is 143 Å². The number of aromatic hydroxyl groups is 2. The summed E-state index contributed by atoms with van der Waals surface area (Å²) in [6.07, 6.45) is 4.10. The number of rotatable bonds is 6. The lowest BCUT2D eigenvalue weighted by molar-refractivity contribution is 0.475. The molecular weight excluding hydrogens is 853 g/mol. The quantitative estimate of drug-likeness (QED) is 0.125. The van der Waals surface area contributed by atoms with Crippen LogP contribution in [0.5, 0.6) is 11.5 Å². The monoisotopic (exact) mass is 890 g/mol. The van der Waals surface area contributed by atoms with Crippen LogP contribution >= 0.6 is 68.0 Å². The highest BCUT2D eigenvalue weighted by atomic mass is 32.1. The predicted molar refractivity (Wildman–Crippen MR) is 261 cm³/mol. The van der Waals surface area contributed by atoms with E-state index in [2.05, 4.69) is 77.9 Å². The van der Waals surface area contributed by atoms with Gasteiger partial charge in [-0.1, -0.05) is 39.8 Å². The molecule has 296 valence electrons. The summed E-state index contributed by atoms with van der Waals surface area (Å²) in [5.74, 6) is 0.557. The minimum Gasteiger partial charge on any atom is -0.508 e. The molecule has 4 nitrogen and oxygen atoms in total. The number of hydrogen-bond acceptors (Lipinski definition) is 10. The third-order valence-corrected chi connectivity index (χ3v) is 20.2. The molecular formula is C50H38N2O2S6. The zero-order chi connectivity index (χ0) is 41.6. The van der Waals surface area contributed by atoms with Crippen LogP contribution in [0.2, 0.25) is 0 Å². The summed E-state index contributed by atoms with van der Waals surface area (Å²) in [5.41, 5.74) is 12.0. The molecule has 6 aromatic heterocycles. The van der Waals surface area contributed by atoms with Crippen molar-refractivity contribution in [3.05, 3.63) is 140 Å². The zero-order valence-corrected chi connectivity index (χ0v) is 38.5. The van der Waals surface area contributed by atoms with Crippen molar-refractivity contribution in [2.24, 2.45) is 0 Å². The molecule has 0 radical (unpaired) electrons. The van der Waals surface area contributed by atoms with Gasteiger partial charge in [0, 0.05) is 80.5 Å². The van der Waals surface area contributed by atoms with Crippen LogP contribution in [-0.4, -0.2) is 21.6 Å². The van der Waals surface area contributed by atoms with Gasteiger partial charge in [0.1, 0.15) is 11.5 Å². The maximum absolute atomic E-state index is 9.84. The topological polar surface area (TPSA) is 88.2 Å². The van der Waals surface area contributed by atoms with Gasteiger partial charge >= 0.3 is 0 Å². The second-order valence-corrected chi connectivity index (χ2v) is 23.2. The normalized spacial score (nSPS) is 15.8. The van der Waals surface area contributed by atoms with E-state index in [1.165, 1.54) is 82.2 Å². The number of aryl methyl sites for hydroxylation is 2. The molecule has 3 aliphatic carbocycles. The average Bonchev–Trinajstić information content (AvgIpc) is 4.08. The molecule has 0 bridgehead atoms. The lowest BCUT2D eigenvalue weighted by Crippen LogP contribution is -2.17. The summed E-state index contributed by atoms with van der Waals surface area (Å²) in [6.45, 7) is 13.6. The molecule has 4 N–H and O–H groups in total. The fourth-order valence-electron chi connectivity index (χ4n) is 8.88. The van der Waals surface area contributed by atoms with Crippen LogP contribution in [0.15, 0.2) is 97.1 Å². The van der Waals surface area contributed by atoms with Gasteiger partial charge in [0.15, 0.2) is 0 Å². The van der Waals surface area contributed by atoms with E-state index in [1.54, 1.807) is 46.9 Å². The van der Waals surface area contributed by atoms with Crippen LogP contribution < -0.4 is 0 Å². The van der Waals surface area contributed by atoms with Gasteiger partial charge in [-0.3, -0.25) is 10.8 Å². The van der Waals surface area contributed by atoms with Gasteiger partial charge in [-0.25, -0.2) is 0 Å². The first-order valence-corrected chi connectivity index (χ1v) is 24.6. The van der Waals surface area contributed by atoms with Crippen molar-refractivity contribution in [1.29, 1.82) is 10.8 Å². The van der Waals surface area contributed by atoms with Crippen molar-refractivity contribution in [1.82, 2.24) is 0 Å². The molecule has 0 atom stereocenters. The summed E-state index contributed by atoms with van der Waals surface area (Å²) in [4.78, 5) is 14.8. The summed E-state index contributed by atoms with van der Waals surface area (Å²) in [6, 6.07) is 28.8. The molecule has 0 saturated carbocycles. The number of phenols is 2. The van der Waals surface area contributed by atoms with E-state index in [0.29, 0.717) is 0 Å². The number of benzene rings is 2. The van der Waals surface area contributed by atoms with E-state index in [1.807, 2.05) is 81.8 Å². The third kappa shape index (κ3) is 5.61. The molecule has 0 unspecified atom stereocenters. The van der Waals surface area contributed by atoms with E-state index in [9.17, 15) is 21.0 Å². The fourth-order valence-corrected chi connectivity index (χ4v) is 17.2. The van der Waals surface area contributed by atoms with Gasteiger partial charge in [-0.2, -0.15) is 0 Å². The summed E-state index contributed by atoms with van der Waals surface area (Å²) < 4.78 is 0. The molecule has 2 aromatic carbocycles. The lowest BCUT2D eigenvalue weighted by atomic mass is 9.83. The van der Waals surface area contributed by atoms with E-state index in [4.69, 9.17) is 0 Å². The van der Waals surface area contributed by atoms with Gasteiger partial charge in [0.2, 0.25) is 0 Å². The van der Waals surface area contributed by atoms with Crippen molar-refractivity contribution in [3.63, 3.8) is 0 Å². The maximum Gasteiger partial charge on any atom is 0.115 e. The minimum absolute atomic E-state index is 0.114. The molecule has 0 fully saturated rings. The predicted octanol–water partition coefficient (Wildman–Crippen LogP) is 15.9. The second kappa shape index (κ2) is 13.3. The Bertz CT molecular complexity index is 3000. The smallest absolute Gasteiger partial charge is 0.115 e. The average molecular weight is 891 g/mol. The Balaban J connectivity index is 0.883. The Morgan fingerprint density at radius 2 is 0.700 bits per heavy atom. The Labute approximate surface area is 372 Å². The molecule has 0 amide bonds. The number of thiophene rings is 6. The van der Waals surface area contributed by atoms with E-state index >= 15 is 0 Å². The first kappa shape index (κ1) is 38.0. The van der Waals surface area contributed by atoms with Crippen LogP contribution in [0.1, 0.15) is 70.8 Å². The maximum atomic E-state index is 9.84. The molecule has 10 heteroatoms. The minimum atomic E-state index is -0.114. The number of fused-ring (bicyclic) bond motifs is 6. The highest BCUT2D eigenvalue weighted by Gasteiger charge is 2.41. The number of hydrogen-bond donors (Lipinski definition) is 4. The summed E-state index contributed by atoms with van der Waals surface area (Å²) >= 11 is 10.8. The Kier molecular flexibility index (Phi) is 8.41. The highest BCUT2D eigenvalue weighted by molar-refractivity contribution is 7.29. The van der Waals surface area contributed by atoms with Gasteiger partial charge in [0.05, 0.1) is 11.4 Å². The number of phenolic OH excluding ortho intramolecular Hbond substituents is 2. The fraction of sp³-hybridized carbons (Fsp3) is 0.160. The molecule has 3 aliphatic rings. The molecule has 0 spiro atoms. The van der Waals surface area contributed by atoms with Crippen LogP contribution in [-0.2, 0) is 10.8 Å². The number of allylic oxidation sites excluding steroid dienone is 4. The molecule has 6 heterocycles. The van der Waals surface area contributed by atoms with Crippen molar-refractivity contribution < 1.29 is 10.2 Å². The Morgan fingerprint density at radius 1 is 0.400 bits per heavy atom. The van der Waals surface area contributed by atoms with Gasteiger partial charge < -0.3 is 10.2 Å². The molecule has 8 aromatic rings. The highest BCUT2D eigenvalue weighted by Crippen LogP contribution is 2.60. The first-order valence-electron chi connectivity index (χ1n) is 19.7. The molecule has 0 aliphatic heterocycles. The molecule has 60 heavy (non-hydrogen) atoms. The van der Waals surface area contributed by atoms with Crippen LogP contribution in [0.25, 0.3) is 71.0 Å². The van der Waals surface area contributed by atoms with Crippen LogP contribution in [0.4, 0.5) is 0 Å². The van der Waals surface area contributed by atoms with E-state index in [-0.39, 0.29) is 33.8 Å². The zero-order valence-electron chi connectivity index (χ0n) is 33.6. The first-order chi connectivity index (χ1) is 28.7. The van der Waals surface area contributed by atoms with Crippen molar-refractivity contribution in [2.75, 3.05) is 0 Å². The second-order valence-electron chi connectivity index (χ2n) is 16.9. The van der Waals surface area contributed by atoms with Gasteiger partial charge in [0.25, 0.3) is 0 Å². The SMILES string of the molecule is Cc1cc(C2=CC=C(c3cc(C)c(-c4cc5c(s4)-c4sc(-c6ccc(O)cc6)cc4C5(C)C)s3)C(=N)C2=N)sc1-c1cc2c(s1)-c1sc(-c3ccc(O)cc3)cc1C2(C)C. The van der Waals surface area contributed by atoms with Gasteiger partial charge in [-0.15, -0.1) is 68.0 Å².